The van der Waals surface area contributed by atoms with E-state index in [-0.39, 0.29) is 5.91 Å². The molecule has 1 aliphatic rings. The molecular weight excluding hydrogens is 310 g/mol. The van der Waals surface area contributed by atoms with Crippen molar-refractivity contribution in [2.24, 2.45) is 0 Å². The zero-order valence-corrected chi connectivity index (χ0v) is 12.8. The third kappa shape index (κ3) is 3.39. The molecule has 0 aliphatic carbocycles. The Bertz CT molecular complexity index is 455. The van der Waals surface area contributed by atoms with Crippen molar-refractivity contribution in [3.8, 4) is 0 Å². The number of halogens is 1. The predicted octanol–water partition coefficient (Wildman–Crippen LogP) is 3.43. The lowest BCUT2D eigenvalue weighted by atomic mass is 10.00. The maximum Gasteiger partial charge on any atom is 0.232 e. The molecule has 0 radical (unpaired) electrons. The SMILES string of the molecule is CSCC(=O)N1CC=C(c2ccc(Br)cc2)CC1. The molecule has 2 rings (SSSR count). The first-order valence-electron chi connectivity index (χ1n) is 5.92. The number of rotatable bonds is 3. The molecule has 0 spiro atoms. The van der Waals surface area contributed by atoms with Gasteiger partial charge in [-0.1, -0.05) is 34.1 Å². The molecular formula is C14H16BrNOS. The van der Waals surface area contributed by atoms with Crippen LogP contribution in [0.1, 0.15) is 12.0 Å². The quantitative estimate of drug-likeness (QED) is 0.848. The molecule has 18 heavy (non-hydrogen) atoms. The van der Waals surface area contributed by atoms with Crippen LogP contribution in [0.5, 0.6) is 0 Å². The van der Waals surface area contributed by atoms with Crippen molar-refractivity contribution < 1.29 is 4.79 Å². The van der Waals surface area contributed by atoms with Gasteiger partial charge in [0.15, 0.2) is 0 Å². The number of nitrogens with zero attached hydrogens (tertiary/aromatic N) is 1. The summed E-state index contributed by atoms with van der Waals surface area (Å²) in [5, 5.41) is 0. The number of carbonyl (C=O) groups is 1. The van der Waals surface area contributed by atoms with Gasteiger partial charge in [-0.15, -0.1) is 0 Å². The predicted molar refractivity (Wildman–Crippen MR) is 81.7 cm³/mol. The lowest BCUT2D eigenvalue weighted by molar-refractivity contribution is -0.127. The van der Waals surface area contributed by atoms with E-state index < -0.39 is 0 Å². The molecule has 96 valence electrons. The van der Waals surface area contributed by atoms with Gasteiger partial charge in [0, 0.05) is 17.6 Å². The van der Waals surface area contributed by atoms with E-state index in [0.717, 1.165) is 24.0 Å². The van der Waals surface area contributed by atoms with E-state index in [9.17, 15) is 4.79 Å². The fourth-order valence-electron chi connectivity index (χ4n) is 2.04. The molecule has 0 atom stereocenters. The number of hydrogen-bond acceptors (Lipinski definition) is 2. The van der Waals surface area contributed by atoms with Crippen LogP contribution in [0.3, 0.4) is 0 Å². The lowest BCUT2D eigenvalue weighted by Gasteiger charge is -2.26. The van der Waals surface area contributed by atoms with Crippen LogP contribution in [0, 0.1) is 0 Å². The lowest BCUT2D eigenvalue weighted by Crippen LogP contribution is -2.35. The second kappa shape index (κ2) is 6.43. The molecule has 0 saturated heterocycles. The molecule has 0 saturated carbocycles. The average molecular weight is 326 g/mol. The molecule has 1 aromatic rings. The zero-order chi connectivity index (χ0) is 13.0. The molecule has 1 aliphatic heterocycles. The third-order valence-electron chi connectivity index (χ3n) is 3.04. The monoisotopic (exact) mass is 325 g/mol. The minimum atomic E-state index is 0.244. The maximum atomic E-state index is 11.8. The van der Waals surface area contributed by atoms with E-state index in [2.05, 4.69) is 46.3 Å². The van der Waals surface area contributed by atoms with Crippen molar-refractivity contribution in [1.29, 1.82) is 0 Å². The normalized spacial score (nSPS) is 15.4. The fourth-order valence-corrected chi connectivity index (χ4v) is 2.73. The van der Waals surface area contributed by atoms with Gasteiger partial charge in [-0.2, -0.15) is 11.8 Å². The van der Waals surface area contributed by atoms with Gasteiger partial charge in [-0.25, -0.2) is 0 Å². The Labute approximate surface area is 121 Å². The summed E-state index contributed by atoms with van der Waals surface area (Å²) in [6, 6.07) is 8.35. The number of benzene rings is 1. The van der Waals surface area contributed by atoms with Gasteiger partial charge >= 0.3 is 0 Å². The summed E-state index contributed by atoms with van der Waals surface area (Å²) in [5.41, 5.74) is 2.60. The van der Waals surface area contributed by atoms with Crippen molar-refractivity contribution in [2.75, 3.05) is 25.1 Å². The third-order valence-corrected chi connectivity index (χ3v) is 4.11. The van der Waals surface area contributed by atoms with Gasteiger partial charge in [0.05, 0.1) is 5.75 Å². The molecule has 0 N–H and O–H groups in total. The number of thioether (sulfide) groups is 1. The van der Waals surface area contributed by atoms with Gasteiger partial charge in [0.1, 0.15) is 0 Å². The van der Waals surface area contributed by atoms with Crippen LogP contribution in [0.15, 0.2) is 34.8 Å². The summed E-state index contributed by atoms with van der Waals surface area (Å²) in [5.74, 6) is 0.829. The first-order valence-corrected chi connectivity index (χ1v) is 8.11. The molecule has 4 heteroatoms. The topological polar surface area (TPSA) is 20.3 Å². The first-order chi connectivity index (χ1) is 8.70. The minimum Gasteiger partial charge on any atom is -0.338 e. The van der Waals surface area contributed by atoms with Gasteiger partial charge in [-0.05, 0) is 35.9 Å². The molecule has 1 amide bonds. The first kappa shape index (κ1) is 13.7. The zero-order valence-electron chi connectivity index (χ0n) is 10.4. The Kier molecular flexibility index (Phi) is 4.89. The van der Waals surface area contributed by atoms with Crippen LogP contribution in [0.2, 0.25) is 0 Å². The average Bonchev–Trinajstić information content (AvgIpc) is 2.40. The number of carbonyl (C=O) groups excluding carboxylic acids is 1. The van der Waals surface area contributed by atoms with Crippen molar-refractivity contribution in [2.45, 2.75) is 6.42 Å². The fraction of sp³-hybridized carbons (Fsp3) is 0.357. The molecule has 0 aromatic heterocycles. The van der Waals surface area contributed by atoms with Crippen molar-refractivity contribution in [3.05, 3.63) is 40.4 Å². The molecule has 0 bridgehead atoms. The number of hydrogen-bond donors (Lipinski definition) is 0. The summed E-state index contributed by atoms with van der Waals surface area (Å²) >= 11 is 5.03. The standard InChI is InChI=1S/C14H16BrNOS/c1-18-10-14(17)16-8-6-12(7-9-16)11-2-4-13(15)5-3-11/h2-6H,7-10H2,1H3. The smallest absolute Gasteiger partial charge is 0.232 e. The Morgan fingerprint density at radius 2 is 2.11 bits per heavy atom. The van der Waals surface area contributed by atoms with Gasteiger partial charge in [0.2, 0.25) is 5.91 Å². The highest BCUT2D eigenvalue weighted by Gasteiger charge is 2.17. The van der Waals surface area contributed by atoms with E-state index in [1.165, 1.54) is 11.1 Å². The number of amides is 1. The summed E-state index contributed by atoms with van der Waals surface area (Å²) in [6.45, 7) is 1.58. The largest absolute Gasteiger partial charge is 0.338 e. The highest BCUT2D eigenvalue weighted by atomic mass is 79.9. The van der Waals surface area contributed by atoms with Crippen molar-refractivity contribution in [3.63, 3.8) is 0 Å². The Hall–Kier alpha value is -0.740. The Morgan fingerprint density at radius 3 is 2.67 bits per heavy atom. The summed E-state index contributed by atoms with van der Waals surface area (Å²) in [7, 11) is 0. The van der Waals surface area contributed by atoms with Crippen molar-refractivity contribution >= 4 is 39.2 Å². The molecule has 2 nitrogen and oxygen atoms in total. The Balaban J connectivity index is 2.02. The summed E-state index contributed by atoms with van der Waals surface area (Å²) < 4.78 is 1.10. The summed E-state index contributed by atoms with van der Waals surface area (Å²) in [4.78, 5) is 13.7. The van der Waals surface area contributed by atoms with E-state index in [1.54, 1.807) is 11.8 Å². The van der Waals surface area contributed by atoms with Crippen LogP contribution in [0.25, 0.3) is 5.57 Å². The van der Waals surface area contributed by atoms with Gasteiger partial charge in [0.25, 0.3) is 0 Å². The molecule has 1 aromatic carbocycles. The van der Waals surface area contributed by atoms with Crippen LogP contribution in [-0.4, -0.2) is 35.9 Å². The maximum absolute atomic E-state index is 11.8. The summed E-state index contributed by atoms with van der Waals surface area (Å²) in [6.07, 6.45) is 5.08. The van der Waals surface area contributed by atoms with E-state index in [0.29, 0.717) is 5.75 Å². The van der Waals surface area contributed by atoms with Gasteiger partial charge < -0.3 is 4.90 Å². The minimum absolute atomic E-state index is 0.244. The van der Waals surface area contributed by atoms with E-state index in [4.69, 9.17) is 0 Å². The highest BCUT2D eigenvalue weighted by molar-refractivity contribution is 9.10. The van der Waals surface area contributed by atoms with Crippen LogP contribution < -0.4 is 0 Å². The van der Waals surface area contributed by atoms with E-state index >= 15 is 0 Å². The van der Waals surface area contributed by atoms with E-state index in [1.807, 2.05) is 11.2 Å². The van der Waals surface area contributed by atoms with Crippen LogP contribution in [-0.2, 0) is 4.79 Å². The second-order valence-corrected chi connectivity index (χ2v) is 6.04. The van der Waals surface area contributed by atoms with Gasteiger partial charge in [-0.3, -0.25) is 4.79 Å². The van der Waals surface area contributed by atoms with Crippen LogP contribution in [0.4, 0.5) is 0 Å². The van der Waals surface area contributed by atoms with Crippen LogP contribution >= 0.6 is 27.7 Å². The van der Waals surface area contributed by atoms with Crippen molar-refractivity contribution in [1.82, 2.24) is 4.90 Å². The second-order valence-electron chi connectivity index (χ2n) is 4.26. The molecule has 0 fully saturated rings. The highest BCUT2D eigenvalue weighted by Crippen LogP contribution is 2.24. The Morgan fingerprint density at radius 1 is 1.39 bits per heavy atom. The molecule has 1 heterocycles. The molecule has 0 unspecified atom stereocenters.